The molecular formula is CH6ClOP. The van der Waals surface area contributed by atoms with Gasteiger partial charge in [-0.15, -0.1) is 11.2 Å². The first-order valence-corrected chi connectivity index (χ1v) is 2.41. The normalized spacial score (nSPS) is 3.00. The van der Waals surface area contributed by atoms with E-state index >= 15 is 0 Å². The highest BCUT2D eigenvalue weighted by molar-refractivity contribution is 7.52. The molecule has 4 heavy (non-hydrogen) atoms. The van der Waals surface area contributed by atoms with Gasteiger partial charge in [-0.2, -0.15) is 0 Å². The second-order valence-corrected chi connectivity index (χ2v) is 0. The van der Waals surface area contributed by atoms with E-state index in [0.29, 0.717) is 0 Å². The Balaban J connectivity index is 0. The van der Waals surface area contributed by atoms with Crippen LogP contribution in [0.2, 0.25) is 0 Å². The molecule has 0 aliphatic rings. The summed E-state index contributed by atoms with van der Waals surface area (Å²) in [4.78, 5) is 0. The lowest BCUT2D eigenvalue weighted by atomic mass is 11.8. The fraction of sp³-hybridized carbons (Fsp3) is 1.00. The molecular weight excluding hydrogens is 94.4 g/mol. The zero-order chi connectivity index (χ0) is 4.00. The lowest BCUT2D eigenvalue weighted by Crippen LogP contribution is -1.25. The van der Waals surface area contributed by atoms with E-state index in [1.807, 2.05) is 8.59 Å². The Labute approximate surface area is 33.0 Å². The van der Waals surface area contributed by atoms with Crippen molar-refractivity contribution >= 4 is 19.8 Å². The average molecular weight is 100 g/mol. The summed E-state index contributed by atoms with van der Waals surface area (Å²) in [5, 5.41) is 7.00. The minimum absolute atomic E-state index is 1.00. The van der Waals surface area contributed by atoms with Gasteiger partial charge in [-0.1, -0.05) is 0 Å². The molecule has 0 aliphatic heterocycles. The van der Waals surface area contributed by atoms with Crippen molar-refractivity contribution in [1.29, 1.82) is 0 Å². The Kier molecular flexibility index (Phi) is 126. The Bertz CT molecular complexity index is 8.00. The Morgan fingerprint density at radius 2 is 1.50 bits per heavy atom. The van der Waals surface area contributed by atoms with Gasteiger partial charge in [-0.05, 0) is 8.59 Å². The Hall–Kier alpha value is 0.680. The molecule has 0 aromatic heterocycles. The van der Waals surface area contributed by atoms with Crippen LogP contribution in [0.4, 0.5) is 0 Å². The second-order valence-electron chi connectivity index (χ2n) is 0. The van der Waals surface area contributed by atoms with Gasteiger partial charge in [0.1, 0.15) is 0 Å². The van der Waals surface area contributed by atoms with Crippen molar-refractivity contribution in [2.75, 3.05) is 7.11 Å². The van der Waals surface area contributed by atoms with E-state index in [1.165, 1.54) is 0 Å². The van der Waals surface area contributed by atoms with Crippen LogP contribution in [0, 0.1) is 0 Å². The molecule has 1 unspecified atom stereocenters. The van der Waals surface area contributed by atoms with E-state index in [-0.39, 0.29) is 0 Å². The van der Waals surface area contributed by atoms with Crippen LogP contribution in [0.3, 0.4) is 0 Å². The van der Waals surface area contributed by atoms with Gasteiger partial charge in [0.15, 0.2) is 0 Å². The number of halogens is 1. The number of aliphatic hydroxyl groups is 1. The van der Waals surface area contributed by atoms with Crippen molar-refractivity contribution in [3.63, 3.8) is 0 Å². The molecule has 0 amide bonds. The van der Waals surface area contributed by atoms with Crippen LogP contribution in [0.1, 0.15) is 0 Å². The third kappa shape index (κ3) is 16.4. The quantitative estimate of drug-likeness (QED) is 0.443. The number of aliphatic hydroxyl groups excluding tert-OH is 1. The number of rotatable bonds is 0. The maximum atomic E-state index is 7.00. The van der Waals surface area contributed by atoms with Crippen molar-refractivity contribution in [3.05, 3.63) is 0 Å². The van der Waals surface area contributed by atoms with E-state index < -0.39 is 0 Å². The van der Waals surface area contributed by atoms with E-state index in [9.17, 15) is 0 Å². The van der Waals surface area contributed by atoms with Gasteiger partial charge in [-0.25, -0.2) is 0 Å². The number of hydrogen-bond donors (Lipinski definition) is 1. The fourth-order valence-electron chi connectivity index (χ4n) is 0. The van der Waals surface area contributed by atoms with Crippen LogP contribution in [0.25, 0.3) is 0 Å². The summed E-state index contributed by atoms with van der Waals surface area (Å²) in [5.41, 5.74) is 0. The smallest absolute Gasteiger partial charge is 0.0319 e. The summed E-state index contributed by atoms with van der Waals surface area (Å²) >= 11 is 4.56. The molecule has 1 nitrogen and oxygen atoms in total. The molecule has 0 bridgehead atoms. The molecule has 0 rings (SSSR count). The predicted molar refractivity (Wildman–Crippen MR) is 23.7 cm³/mol. The molecule has 0 spiro atoms. The fourth-order valence-corrected chi connectivity index (χ4v) is 0. The topological polar surface area (TPSA) is 20.2 Å². The molecule has 0 aromatic rings. The summed E-state index contributed by atoms with van der Waals surface area (Å²) in [5.74, 6) is 0. The van der Waals surface area contributed by atoms with Crippen molar-refractivity contribution in [2.45, 2.75) is 0 Å². The van der Waals surface area contributed by atoms with Gasteiger partial charge >= 0.3 is 0 Å². The first-order chi connectivity index (χ1) is 2.00. The van der Waals surface area contributed by atoms with Crippen LogP contribution < -0.4 is 0 Å². The van der Waals surface area contributed by atoms with Gasteiger partial charge in [0.2, 0.25) is 0 Å². The molecule has 0 heterocycles. The van der Waals surface area contributed by atoms with Gasteiger partial charge in [0.25, 0.3) is 0 Å². The van der Waals surface area contributed by atoms with Gasteiger partial charge in [-0.3, -0.25) is 0 Å². The lowest BCUT2D eigenvalue weighted by molar-refractivity contribution is 0.399. The van der Waals surface area contributed by atoms with E-state index in [2.05, 4.69) is 11.2 Å². The van der Waals surface area contributed by atoms with Gasteiger partial charge in [0.05, 0.1) is 0 Å². The highest BCUT2D eigenvalue weighted by Crippen LogP contribution is 1.78. The molecule has 28 valence electrons. The zero-order valence-electron chi connectivity index (χ0n) is 2.40. The van der Waals surface area contributed by atoms with Crippen molar-refractivity contribution in [1.82, 2.24) is 0 Å². The molecule has 1 atom stereocenters. The minimum atomic E-state index is 1.00. The molecule has 0 radical (unpaired) electrons. The largest absolute Gasteiger partial charge is 0.400 e. The molecule has 0 saturated heterocycles. The van der Waals surface area contributed by atoms with Crippen LogP contribution in [0.5, 0.6) is 0 Å². The van der Waals surface area contributed by atoms with Gasteiger partial charge < -0.3 is 5.11 Å². The predicted octanol–water partition coefficient (Wildman–Crippen LogP) is 0.624. The van der Waals surface area contributed by atoms with Gasteiger partial charge in [0, 0.05) is 7.11 Å². The Morgan fingerprint density at radius 1 is 1.50 bits per heavy atom. The third-order valence-corrected chi connectivity index (χ3v) is 0. The minimum Gasteiger partial charge on any atom is -0.400 e. The van der Waals surface area contributed by atoms with E-state index in [0.717, 1.165) is 7.11 Å². The first-order valence-electron chi connectivity index (χ1n) is 0.665. The summed E-state index contributed by atoms with van der Waals surface area (Å²) in [6.07, 6.45) is 0. The van der Waals surface area contributed by atoms with E-state index in [4.69, 9.17) is 5.11 Å². The molecule has 3 heteroatoms. The van der Waals surface area contributed by atoms with Crippen LogP contribution >= 0.6 is 19.8 Å². The van der Waals surface area contributed by atoms with Crippen LogP contribution in [-0.2, 0) is 0 Å². The molecule has 1 N–H and O–H groups in total. The second kappa shape index (κ2) is 57.2. The summed E-state index contributed by atoms with van der Waals surface area (Å²) in [6.45, 7) is 0. The molecule has 0 aromatic carbocycles. The molecule has 0 aliphatic carbocycles. The monoisotopic (exact) mass is 100.0 g/mol. The van der Waals surface area contributed by atoms with Crippen molar-refractivity contribution in [3.8, 4) is 0 Å². The summed E-state index contributed by atoms with van der Waals surface area (Å²) in [6, 6.07) is 0. The molecule has 0 fully saturated rings. The van der Waals surface area contributed by atoms with Crippen molar-refractivity contribution in [2.24, 2.45) is 0 Å². The maximum Gasteiger partial charge on any atom is 0.0319 e. The highest BCUT2D eigenvalue weighted by Gasteiger charge is 0.929. The van der Waals surface area contributed by atoms with Crippen molar-refractivity contribution < 1.29 is 5.11 Å². The zero-order valence-corrected chi connectivity index (χ0v) is 4.31. The lowest BCUT2D eigenvalue weighted by Gasteiger charge is -1.21. The Morgan fingerprint density at radius 3 is 1.50 bits per heavy atom. The summed E-state index contributed by atoms with van der Waals surface area (Å²) < 4.78 is 0. The SMILES string of the molecule is CO.PCl. The highest BCUT2D eigenvalue weighted by atomic mass is 35.7. The van der Waals surface area contributed by atoms with E-state index in [1.54, 1.807) is 0 Å². The maximum absolute atomic E-state index is 7.00. The van der Waals surface area contributed by atoms with Crippen LogP contribution in [-0.4, -0.2) is 12.2 Å². The van der Waals surface area contributed by atoms with Crippen LogP contribution in [0.15, 0.2) is 0 Å². The number of hydrogen-bond acceptors (Lipinski definition) is 1. The standard InChI is InChI=1S/CH4O.ClH2P/c2*1-2/h2H,1H3;2H2. The first kappa shape index (κ1) is 8.82. The summed E-state index contributed by atoms with van der Waals surface area (Å²) in [7, 11) is 2.89. The molecule has 0 saturated carbocycles. The third-order valence-electron chi connectivity index (χ3n) is 0. The average Bonchev–Trinajstić information content (AvgIpc) is 1.50.